The summed E-state index contributed by atoms with van der Waals surface area (Å²) >= 11 is 0. The minimum absolute atomic E-state index is 0.0112. The number of nitrogens with one attached hydrogen (secondary N) is 1. The molecule has 5 rings (SSSR count). The molecule has 0 bridgehead atoms. The summed E-state index contributed by atoms with van der Waals surface area (Å²) in [7, 11) is 1.83. The van der Waals surface area contributed by atoms with Crippen molar-refractivity contribution in [3.05, 3.63) is 59.8 Å². The second kappa shape index (κ2) is 12.9. The zero-order valence-corrected chi connectivity index (χ0v) is 23.5. The zero-order chi connectivity index (χ0) is 29.6. The summed E-state index contributed by atoms with van der Waals surface area (Å²) in [6.45, 7) is 4.21. The molecule has 0 spiro atoms. The first-order valence-corrected chi connectivity index (χ1v) is 13.7. The first-order valence-electron chi connectivity index (χ1n) is 13.7. The van der Waals surface area contributed by atoms with Crippen LogP contribution in [0.15, 0.2) is 43.0 Å². The van der Waals surface area contributed by atoms with Gasteiger partial charge in [-0.3, -0.25) is 4.79 Å². The molecule has 1 aliphatic heterocycles. The second-order valence-corrected chi connectivity index (χ2v) is 10.2. The number of β-amino-alcohol motifs (C(OH)–C–C–N with tert-alkyl or cyclic N) is 1. The summed E-state index contributed by atoms with van der Waals surface area (Å²) in [5.74, 6) is 1.13. The van der Waals surface area contributed by atoms with E-state index in [-0.39, 0.29) is 11.8 Å². The van der Waals surface area contributed by atoms with Crippen molar-refractivity contribution in [2.24, 2.45) is 18.7 Å². The number of aromatic nitrogens is 5. The van der Waals surface area contributed by atoms with Crippen molar-refractivity contribution in [2.75, 3.05) is 38.2 Å². The largest absolute Gasteiger partial charge is 0.437 e. The molecular formula is C29H33N9O4. The Morgan fingerprint density at radius 1 is 1.21 bits per heavy atom. The number of carbonyl (C=O) groups is 1. The van der Waals surface area contributed by atoms with Gasteiger partial charge >= 0.3 is 0 Å². The number of rotatable bonds is 11. The number of hydrogen-bond donors (Lipinski definition) is 3. The van der Waals surface area contributed by atoms with Crippen molar-refractivity contribution in [2.45, 2.75) is 25.9 Å². The van der Waals surface area contributed by atoms with Gasteiger partial charge in [0.1, 0.15) is 23.1 Å². The van der Waals surface area contributed by atoms with Gasteiger partial charge in [0.05, 0.1) is 36.5 Å². The number of hydrogen-bond acceptors (Lipinski definition) is 11. The van der Waals surface area contributed by atoms with Crippen molar-refractivity contribution in [3.63, 3.8) is 0 Å². The Labute approximate surface area is 242 Å². The van der Waals surface area contributed by atoms with Gasteiger partial charge in [-0.05, 0) is 43.5 Å². The number of amides is 1. The van der Waals surface area contributed by atoms with Crippen LogP contribution in [0.25, 0.3) is 11.2 Å². The van der Waals surface area contributed by atoms with Crippen molar-refractivity contribution in [1.82, 2.24) is 29.4 Å². The maximum atomic E-state index is 13.1. The van der Waals surface area contributed by atoms with Gasteiger partial charge in [0, 0.05) is 51.5 Å². The smallest absolute Gasteiger partial charge is 0.255 e. The van der Waals surface area contributed by atoms with Gasteiger partial charge in [0.2, 0.25) is 5.88 Å². The van der Waals surface area contributed by atoms with Crippen LogP contribution in [-0.2, 0) is 11.8 Å². The molecule has 2 atom stereocenters. The van der Waals surface area contributed by atoms with Crippen LogP contribution < -0.4 is 15.8 Å². The number of nitrogens with two attached hydrogens (primary N) is 1. The lowest BCUT2D eigenvalue weighted by Crippen LogP contribution is -2.29. The number of aliphatic hydroxyl groups is 1. The molecule has 4 aromatic heterocycles. The van der Waals surface area contributed by atoms with Crippen LogP contribution in [-0.4, -0.2) is 79.4 Å². The van der Waals surface area contributed by atoms with Gasteiger partial charge in [-0.2, -0.15) is 10.2 Å². The molecule has 1 fully saturated rings. The minimum atomic E-state index is -0.565. The van der Waals surface area contributed by atoms with E-state index in [1.807, 2.05) is 20.0 Å². The molecule has 0 aromatic carbocycles. The average Bonchev–Trinajstić information content (AvgIpc) is 3.56. The number of pyridine rings is 3. The molecule has 0 unspecified atom stereocenters. The molecule has 1 amide bonds. The van der Waals surface area contributed by atoms with E-state index < -0.39 is 6.10 Å². The predicted molar refractivity (Wildman–Crippen MR) is 154 cm³/mol. The van der Waals surface area contributed by atoms with E-state index in [0.717, 1.165) is 18.4 Å². The third-order valence-corrected chi connectivity index (χ3v) is 7.13. The number of anilines is 2. The highest BCUT2D eigenvalue weighted by Crippen LogP contribution is 2.31. The fourth-order valence-electron chi connectivity index (χ4n) is 4.90. The Morgan fingerprint density at radius 2 is 2.07 bits per heavy atom. The molecule has 4 N–H and O–H groups in total. The summed E-state index contributed by atoms with van der Waals surface area (Å²) in [5.41, 5.74) is 8.74. The predicted octanol–water partition coefficient (Wildman–Crippen LogP) is 2.66. The molecule has 218 valence electrons. The molecule has 0 saturated carbocycles. The average molecular weight is 572 g/mol. The van der Waals surface area contributed by atoms with Crippen LogP contribution in [0.5, 0.6) is 11.6 Å². The van der Waals surface area contributed by atoms with E-state index in [4.69, 9.17) is 20.5 Å². The molecule has 5 heterocycles. The molecule has 0 aliphatic carbocycles. The number of carbonyl (C=O) groups excluding carboxylic acids is 1. The van der Waals surface area contributed by atoms with E-state index in [1.54, 1.807) is 40.1 Å². The highest BCUT2D eigenvalue weighted by atomic mass is 16.5. The molecule has 0 radical (unpaired) electrons. The minimum Gasteiger partial charge on any atom is -0.437 e. The number of aliphatic hydroxyl groups excluding tert-OH is 1. The molecular weight excluding hydrogens is 538 g/mol. The van der Waals surface area contributed by atoms with E-state index in [2.05, 4.69) is 25.3 Å². The standard InChI is InChI=1S/C29H33N9O4/c1-18-10-21(12-31)32-14-24(18)42-26-11-22(27-28(36-26)37(2)17-34-27)35-25-6-5-19(13-33-25)29(40)38-15-20(23(39)16-38)4-3-8-41-9-7-30/h5-6,10-11,13-14,17,20,23,39H,3-4,7-9,15-16,30H2,1-2H3,(H,33,35,36)/t20-,23-/m0/s1. The third-order valence-electron chi connectivity index (χ3n) is 7.13. The van der Waals surface area contributed by atoms with Crippen LogP contribution in [0.3, 0.4) is 0 Å². The summed E-state index contributed by atoms with van der Waals surface area (Å²) in [5, 5.41) is 22.8. The van der Waals surface area contributed by atoms with Crippen molar-refractivity contribution < 1.29 is 19.4 Å². The lowest BCUT2D eigenvalue weighted by atomic mass is 10.0. The van der Waals surface area contributed by atoms with Crippen molar-refractivity contribution in [3.8, 4) is 17.7 Å². The summed E-state index contributed by atoms with van der Waals surface area (Å²) in [4.78, 5) is 32.4. The topological polar surface area (TPSA) is 177 Å². The number of imidazole rings is 1. The van der Waals surface area contributed by atoms with Crippen molar-refractivity contribution in [1.29, 1.82) is 5.26 Å². The molecule has 13 heteroatoms. The molecule has 42 heavy (non-hydrogen) atoms. The molecule has 13 nitrogen and oxygen atoms in total. The number of aryl methyl sites for hydroxylation is 2. The Kier molecular flexibility index (Phi) is 8.87. The number of nitriles is 1. The summed E-state index contributed by atoms with van der Waals surface area (Å²) < 4.78 is 13.2. The maximum absolute atomic E-state index is 13.1. The molecule has 1 aliphatic rings. The van der Waals surface area contributed by atoms with E-state index in [9.17, 15) is 9.90 Å². The summed E-state index contributed by atoms with van der Waals surface area (Å²) in [6.07, 6.45) is 5.68. The summed E-state index contributed by atoms with van der Waals surface area (Å²) in [6, 6.07) is 8.79. The molecule has 4 aromatic rings. The number of fused-ring (bicyclic) bond motifs is 1. The Hall–Kier alpha value is -4.64. The fraction of sp³-hybridized carbons (Fsp3) is 0.379. The first-order chi connectivity index (χ1) is 20.4. The van der Waals surface area contributed by atoms with Gasteiger partial charge in [-0.15, -0.1) is 0 Å². The van der Waals surface area contributed by atoms with E-state index in [0.29, 0.717) is 78.4 Å². The van der Waals surface area contributed by atoms with Crippen LogP contribution in [0, 0.1) is 24.2 Å². The van der Waals surface area contributed by atoms with Crippen LogP contribution in [0.2, 0.25) is 0 Å². The number of nitrogens with zero attached hydrogens (tertiary/aromatic N) is 7. The highest BCUT2D eigenvalue weighted by Gasteiger charge is 2.34. The normalized spacial score (nSPS) is 16.5. The highest BCUT2D eigenvalue weighted by molar-refractivity contribution is 5.94. The van der Waals surface area contributed by atoms with Crippen molar-refractivity contribution >= 4 is 28.6 Å². The number of ether oxygens (including phenoxy) is 2. The van der Waals surface area contributed by atoms with Gasteiger partial charge in [0.15, 0.2) is 11.4 Å². The van der Waals surface area contributed by atoms with Crippen LogP contribution in [0.1, 0.15) is 34.5 Å². The Morgan fingerprint density at radius 3 is 2.81 bits per heavy atom. The first kappa shape index (κ1) is 28.9. The van der Waals surface area contributed by atoms with Crippen LogP contribution >= 0.6 is 0 Å². The van der Waals surface area contributed by atoms with Gasteiger partial charge < -0.3 is 35.1 Å². The third kappa shape index (κ3) is 6.46. The lowest BCUT2D eigenvalue weighted by Gasteiger charge is -2.16. The van der Waals surface area contributed by atoms with Gasteiger partial charge in [-0.1, -0.05) is 0 Å². The van der Waals surface area contributed by atoms with E-state index in [1.165, 1.54) is 12.4 Å². The Bertz CT molecular complexity index is 1600. The fourth-order valence-corrected chi connectivity index (χ4v) is 4.90. The maximum Gasteiger partial charge on any atom is 0.255 e. The van der Waals surface area contributed by atoms with Gasteiger partial charge in [-0.25, -0.2) is 15.0 Å². The second-order valence-electron chi connectivity index (χ2n) is 10.2. The Balaban J connectivity index is 1.27. The zero-order valence-electron chi connectivity index (χ0n) is 23.5. The SMILES string of the molecule is Cc1cc(C#N)ncc1Oc1cc(Nc2ccc(C(=O)N3C[C@H](CCCOCCN)[C@@H](O)C3)cn2)c2ncn(C)c2n1. The lowest BCUT2D eigenvalue weighted by molar-refractivity contribution is 0.0764. The van der Waals surface area contributed by atoms with Gasteiger partial charge in [0.25, 0.3) is 5.91 Å². The number of likely N-dealkylation sites (tertiary alicyclic amines) is 1. The molecule has 1 saturated heterocycles. The van der Waals surface area contributed by atoms with E-state index >= 15 is 0 Å². The quantitative estimate of drug-likeness (QED) is 0.225. The monoisotopic (exact) mass is 571 g/mol. The van der Waals surface area contributed by atoms with Crippen LogP contribution in [0.4, 0.5) is 11.5 Å².